The second kappa shape index (κ2) is 6.58. The van der Waals surface area contributed by atoms with Crippen molar-refractivity contribution in [2.24, 2.45) is 5.92 Å². The Hall–Kier alpha value is -2.08. The first-order valence-electron chi connectivity index (χ1n) is 6.81. The lowest BCUT2D eigenvalue weighted by Gasteiger charge is -2.05. The number of aromatic nitrogens is 1. The van der Waals surface area contributed by atoms with Gasteiger partial charge < -0.3 is 15.8 Å². The summed E-state index contributed by atoms with van der Waals surface area (Å²) >= 11 is 1.28. The molecule has 5 nitrogen and oxygen atoms in total. The molecule has 0 fully saturated rings. The molecule has 3 N–H and O–H groups in total. The quantitative estimate of drug-likeness (QED) is 0.796. The number of nitrogens with two attached hydrogens (primary N) is 1. The first-order chi connectivity index (χ1) is 10.0. The summed E-state index contributed by atoms with van der Waals surface area (Å²) in [6, 6.07) is 7.55. The van der Waals surface area contributed by atoms with E-state index in [0.29, 0.717) is 16.6 Å². The van der Waals surface area contributed by atoms with Crippen molar-refractivity contribution in [3.05, 3.63) is 29.1 Å². The third kappa shape index (κ3) is 3.72. The number of ether oxygens (including phenoxy) is 1. The second-order valence-electron chi connectivity index (χ2n) is 4.83. The number of nitrogens with zero attached hydrogens (tertiary/aromatic N) is 1. The van der Waals surface area contributed by atoms with Gasteiger partial charge in [0.15, 0.2) is 10.9 Å². The van der Waals surface area contributed by atoms with Gasteiger partial charge in [0.05, 0.1) is 6.61 Å². The summed E-state index contributed by atoms with van der Waals surface area (Å²) in [5.74, 6) is 1.03. The Morgan fingerprint density at radius 1 is 1.38 bits per heavy atom. The summed E-state index contributed by atoms with van der Waals surface area (Å²) in [7, 11) is 0. The van der Waals surface area contributed by atoms with E-state index in [1.165, 1.54) is 11.3 Å². The molecule has 0 radical (unpaired) electrons. The second-order valence-corrected chi connectivity index (χ2v) is 5.83. The number of carbonyl (C=O) groups excluding carboxylic acids is 1. The van der Waals surface area contributed by atoms with E-state index in [-0.39, 0.29) is 17.5 Å². The van der Waals surface area contributed by atoms with E-state index in [9.17, 15) is 4.79 Å². The Morgan fingerprint density at radius 2 is 2.05 bits per heavy atom. The van der Waals surface area contributed by atoms with Gasteiger partial charge in [0.25, 0.3) is 0 Å². The van der Waals surface area contributed by atoms with Crippen molar-refractivity contribution in [1.29, 1.82) is 0 Å². The highest BCUT2D eigenvalue weighted by molar-refractivity contribution is 7.18. The number of Topliss-reactive ketones (excluding diaryl/α,β-unsaturated/α-hetero) is 1. The van der Waals surface area contributed by atoms with E-state index in [4.69, 9.17) is 10.5 Å². The lowest BCUT2D eigenvalue weighted by molar-refractivity contribution is 0.0944. The molecule has 21 heavy (non-hydrogen) atoms. The van der Waals surface area contributed by atoms with Gasteiger partial charge in [-0.15, -0.1) is 0 Å². The molecule has 0 saturated carbocycles. The van der Waals surface area contributed by atoms with Crippen LogP contribution < -0.4 is 15.8 Å². The Bertz CT molecular complexity index is 620. The number of benzene rings is 1. The number of anilines is 3. The van der Waals surface area contributed by atoms with Gasteiger partial charge >= 0.3 is 0 Å². The summed E-state index contributed by atoms with van der Waals surface area (Å²) in [4.78, 5) is 16.7. The number of nitrogen functional groups attached to an aromatic ring is 1. The molecule has 0 aliphatic carbocycles. The van der Waals surface area contributed by atoms with E-state index >= 15 is 0 Å². The van der Waals surface area contributed by atoms with Crippen LogP contribution in [0.15, 0.2) is 24.3 Å². The molecule has 0 unspecified atom stereocenters. The van der Waals surface area contributed by atoms with E-state index in [1.54, 1.807) is 0 Å². The van der Waals surface area contributed by atoms with Crippen LogP contribution in [0.2, 0.25) is 0 Å². The smallest absolute Gasteiger partial charge is 0.189 e. The zero-order chi connectivity index (χ0) is 15.4. The zero-order valence-electron chi connectivity index (χ0n) is 12.3. The summed E-state index contributed by atoms with van der Waals surface area (Å²) < 4.78 is 5.39. The van der Waals surface area contributed by atoms with Crippen molar-refractivity contribution in [2.75, 3.05) is 17.7 Å². The molecule has 0 aliphatic heterocycles. The molecule has 0 amide bonds. The monoisotopic (exact) mass is 305 g/mol. The van der Waals surface area contributed by atoms with Gasteiger partial charge in [-0.1, -0.05) is 25.2 Å². The van der Waals surface area contributed by atoms with Crippen molar-refractivity contribution in [3.8, 4) is 5.75 Å². The molecule has 1 heterocycles. The zero-order valence-corrected chi connectivity index (χ0v) is 13.2. The molecule has 2 aromatic rings. The number of ketones is 1. The number of hydrogen-bond donors (Lipinski definition) is 2. The van der Waals surface area contributed by atoms with Crippen LogP contribution in [0.25, 0.3) is 0 Å². The maximum Gasteiger partial charge on any atom is 0.189 e. The van der Waals surface area contributed by atoms with Crippen LogP contribution in [0, 0.1) is 5.92 Å². The normalized spacial score (nSPS) is 10.7. The third-order valence-electron chi connectivity index (χ3n) is 2.82. The largest absolute Gasteiger partial charge is 0.494 e. The molecule has 0 aliphatic rings. The van der Waals surface area contributed by atoms with Gasteiger partial charge in [0, 0.05) is 11.6 Å². The van der Waals surface area contributed by atoms with Crippen molar-refractivity contribution in [3.63, 3.8) is 0 Å². The molecule has 0 atom stereocenters. The highest BCUT2D eigenvalue weighted by Crippen LogP contribution is 2.30. The Morgan fingerprint density at radius 3 is 2.62 bits per heavy atom. The van der Waals surface area contributed by atoms with Crippen molar-refractivity contribution >= 4 is 33.8 Å². The highest BCUT2D eigenvalue weighted by atomic mass is 32.1. The summed E-state index contributed by atoms with van der Waals surface area (Å²) in [6.07, 6.45) is 0. The predicted molar refractivity (Wildman–Crippen MR) is 86.6 cm³/mol. The highest BCUT2D eigenvalue weighted by Gasteiger charge is 2.18. The van der Waals surface area contributed by atoms with Crippen molar-refractivity contribution in [1.82, 2.24) is 4.98 Å². The molecule has 0 saturated heterocycles. The maximum absolute atomic E-state index is 12.0. The van der Waals surface area contributed by atoms with Crippen LogP contribution in [-0.4, -0.2) is 17.4 Å². The SMILES string of the molecule is CCOc1ccc(Nc2nc(N)c(C(=O)C(C)C)s2)cc1. The topological polar surface area (TPSA) is 77.2 Å². The molecular weight excluding hydrogens is 286 g/mol. The minimum absolute atomic E-state index is 0.0183. The van der Waals surface area contributed by atoms with Crippen LogP contribution in [0.3, 0.4) is 0 Å². The van der Waals surface area contributed by atoms with E-state index in [0.717, 1.165) is 11.4 Å². The van der Waals surface area contributed by atoms with E-state index < -0.39 is 0 Å². The number of nitrogens with one attached hydrogen (secondary N) is 1. The van der Waals surface area contributed by atoms with Gasteiger partial charge in [-0.2, -0.15) is 0 Å². The maximum atomic E-state index is 12.0. The number of carbonyl (C=O) groups is 1. The Labute approximate surface area is 128 Å². The fraction of sp³-hybridized carbons (Fsp3) is 0.333. The molecule has 0 spiro atoms. The molecule has 1 aromatic heterocycles. The first kappa shape index (κ1) is 15.3. The fourth-order valence-electron chi connectivity index (χ4n) is 1.75. The number of rotatable bonds is 6. The lowest BCUT2D eigenvalue weighted by atomic mass is 10.1. The number of thiazole rings is 1. The summed E-state index contributed by atoms with van der Waals surface area (Å²) in [6.45, 7) is 6.27. The van der Waals surface area contributed by atoms with Crippen LogP contribution in [0.5, 0.6) is 5.75 Å². The van der Waals surface area contributed by atoms with Gasteiger partial charge in [-0.3, -0.25) is 4.79 Å². The molecular formula is C15H19N3O2S. The van der Waals surface area contributed by atoms with Gasteiger partial charge in [0.1, 0.15) is 16.4 Å². The average Bonchev–Trinajstić information content (AvgIpc) is 2.81. The number of hydrogen-bond acceptors (Lipinski definition) is 6. The predicted octanol–water partition coefficient (Wildman–Crippen LogP) is 3.71. The minimum atomic E-state index is -0.0916. The van der Waals surface area contributed by atoms with Crippen LogP contribution in [-0.2, 0) is 0 Å². The Kier molecular flexibility index (Phi) is 4.80. The lowest BCUT2D eigenvalue weighted by Crippen LogP contribution is -2.07. The summed E-state index contributed by atoms with van der Waals surface area (Å²) in [5.41, 5.74) is 6.69. The molecule has 1 aromatic carbocycles. The fourth-order valence-corrected chi connectivity index (χ4v) is 2.74. The van der Waals surface area contributed by atoms with Crippen LogP contribution in [0.1, 0.15) is 30.4 Å². The molecule has 2 rings (SSSR count). The minimum Gasteiger partial charge on any atom is -0.494 e. The van der Waals surface area contributed by atoms with E-state index in [2.05, 4.69) is 10.3 Å². The van der Waals surface area contributed by atoms with Gasteiger partial charge in [-0.05, 0) is 31.2 Å². The van der Waals surface area contributed by atoms with Crippen molar-refractivity contribution in [2.45, 2.75) is 20.8 Å². The van der Waals surface area contributed by atoms with E-state index in [1.807, 2.05) is 45.0 Å². The van der Waals surface area contributed by atoms with Crippen LogP contribution in [0.4, 0.5) is 16.6 Å². The van der Waals surface area contributed by atoms with Gasteiger partial charge in [-0.25, -0.2) is 4.98 Å². The first-order valence-corrected chi connectivity index (χ1v) is 7.63. The molecule has 6 heteroatoms. The molecule has 112 valence electrons. The van der Waals surface area contributed by atoms with Gasteiger partial charge in [0.2, 0.25) is 0 Å². The third-order valence-corrected chi connectivity index (χ3v) is 3.82. The molecule has 0 bridgehead atoms. The van der Waals surface area contributed by atoms with Crippen LogP contribution >= 0.6 is 11.3 Å². The average molecular weight is 305 g/mol. The Balaban J connectivity index is 2.13. The summed E-state index contributed by atoms with van der Waals surface area (Å²) in [5, 5.41) is 3.76. The standard InChI is InChI=1S/C15H19N3O2S/c1-4-20-11-7-5-10(6-8-11)17-15-18-14(16)13(21-15)12(19)9(2)3/h5-9H,4,16H2,1-3H3,(H,17,18). The van der Waals surface area contributed by atoms with Crippen molar-refractivity contribution < 1.29 is 9.53 Å².